The van der Waals surface area contributed by atoms with Gasteiger partial charge < -0.3 is 5.32 Å². The highest BCUT2D eigenvalue weighted by molar-refractivity contribution is 6.68. The third-order valence-electron chi connectivity index (χ3n) is 3.80. The fraction of sp³-hybridized carbons (Fsp3) is 0.111. The normalized spacial score (nSPS) is 11.1. The second kappa shape index (κ2) is 8.33. The predicted octanol–water partition coefficient (Wildman–Crippen LogP) is 6.54. The van der Waals surface area contributed by atoms with E-state index in [4.69, 9.17) is 23.2 Å². The third kappa shape index (κ3) is 4.46. The van der Waals surface area contributed by atoms with Crippen molar-refractivity contribution in [2.75, 3.05) is 5.32 Å². The molecule has 142 valence electrons. The summed E-state index contributed by atoms with van der Waals surface area (Å²) in [6.45, 7) is 0. The molecular formula is C18H12Cl3F3N2O. The number of hydrogen-bond donors (Lipinski definition) is 1. The lowest BCUT2D eigenvalue weighted by Gasteiger charge is -2.15. The molecule has 3 nitrogen and oxygen atoms in total. The fourth-order valence-electron chi connectivity index (χ4n) is 2.61. The van der Waals surface area contributed by atoms with Crippen LogP contribution in [-0.4, -0.2) is 10.2 Å². The highest BCUT2D eigenvalue weighted by Crippen LogP contribution is 2.36. The van der Waals surface area contributed by atoms with Gasteiger partial charge in [0.05, 0.1) is 22.3 Å². The average Bonchev–Trinajstić information content (AvgIpc) is 2.60. The molecule has 0 radical (unpaired) electrons. The van der Waals surface area contributed by atoms with E-state index in [0.29, 0.717) is 11.4 Å². The lowest BCUT2D eigenvalue weighted by molar-refractivity contribution is -0.136. The summed E-state index contributed by atoms with van der Waals surface area (Å²) in [5, 5.41) is 2.56. The van der Waals surface area contributed by atoms with Crippen LogP contribution in [0.15, 0.2) is 48.7 Å². The van der Waals surface area contributed by atoms with Crippen LogP contribution < -0.4 is 5.32 Å². The average molecular weight is 436 g/mol. The summed E-state index contributed by atoms with van der Waals surface area (Å²) in [4.78, 5) is 15.5. The maximum atomic E-state index is 13.2. The molecule has 0 saturated heterocycles. The van der Waals surface area contributed by atoms with Crippen molar-refractivity contribution in [2.24, 2.45) is 0 Å². The number of anilines is 2. The number of halogens is 6. The van der Waals surface area contributed by atoms with Crippen LogP contribution in [0.3, 0.4) is 0 Å². The van der Waals surface area contributed by atoms with Gasteiger partial charge in [0.25, 0.3) is 5.24 Å². The van der Waals surface area contributed by atoms with E-state index < -0.39 is 17.0 Å². The highest BCUT2D eigenvalue weighted by Gasteiger charge is 2.33. The monoisotopic (exact) mass is 434 g/mol. The van der Waals surface area contributed by atoms with Gasteiger partial charge in [-0.3, -0.25) is 9.78 Å². The Hall–Kier alpha value is -2.02. The zero-order valence-corrected chi connectivity index (χ0v) is 15.8. The lowest BCUT2D eigenvalue weighted by Crippen LogP contribution is -2.07. The number of pyridine rings is 1. The molecule has 0 saturated carbocycles. The van der Waals surface area contributed by atoms with Crippen molar-refractivity contribution >= 4 is 63.1 Å². The standard InChI is InChI=1S/C18H11Cl2F3N2O.ClH/c19-9-10-4-5-12(17(20)26)15(8-10)25-14-6-7-24-16-11(14)2-1-3-13(16)18(21,22)23;/h1-8H,9H2,(H,24,25);1H. The Kier molecular flexibility index (Phi) is 6.57. The molecule has 0 amide bonds. The summed E-state index contributed by atoms with van der Waals surface area (Å²) in [5.74, 6) is 0.209. The zero-order chi connectivity index (χ0) is 18.9. The molecule has 0 bridgehead atoms. The van der Waals surface area contributed by atoms with E-state index in [9.17, 15) is 18.0 Å². The molecule has 27 heavy (non-hydrogen) atoms. The van der Waals surface area contributed by atoms with Crippen molar-refractivity contribution in [1.82, 2.24) is 4.98 Å². The minimum atomic E-state index is -4.53. The number of para-hydroxylation sites is 1. The largest absolute Gasteiger partial charge is 0.418 e. The first-order valence-electron chi connectivity index (χ1n) is 7.42. The van der Waals surface area contributed by atoms with E-state index in [-0.39, 0.29) is 34.8 Å². The quantitative estimate of drug-likeness (QED) is 0.374. The van der Waals surface area contributed by atoms with Crippen LogP contribution in [0.5, 0.6) is 0 Å². The Bertz CT molecular complexity index is 993. The highest BCUT2D eigenvalue weighted by atomic mass is 35.5. The molecule has 0 atom stereocenters. The molecule has 0 spiro atoms. The molecule has 3 aromatic rings. The number of alkyl halides is 4. The summed E-state index contributed by atoms with van der Waals surface area (Å²) < 4.78 is 39.6. The Labute approximate surface area is 168 Å². The van der Waals surface area contributed by atoms with Gasteiger partial charge in [0, 0.05) is 23.2 Å². The molecule has 1 heterocycles. The maximum Gasteiger partial charge on any atom is 0.418 e. The van der Waals surface area contributed by atoms with E-state index >= 15 is 0 Å². The number of benzene rings is 2. The minimum Gasteiger partial charge on any atom is -0.354 e. The molecule has 3 rings (SSSR count). The van der Waals surface area contributed by atoms with Crippen LogP contribution in [0, 0.1) is 0 Å². The Morgan fingerprint density at radius 2 is 1.85 bits per heavy atom. The fourth-order valence-corrected chi connectivity index (χ4v) is 2.94. The van der Waals surface area contributed by atoms with Crippen molar-refractivity contribution in [3.05, 3.63) is 65.4 Å². The van der Waals surface area contributed by atoms with Gasteiger partial charge in [-0.15, -0.1) is 24.0 Å². The van der Waals surface area contributed by atoms with Gasteiger partial charge in [0.15, 0.2) is 0 Å². The topological polar surface area (TPSA) is 42.0 Å². The van der Waals surface area contributed by atoms with Crippen molar-refractivity contribution in [1.29, 1.82) is 0 Å². The van der Waals surface area contributed by atoms with Gasteiger partial charge >= 0.3 is 6.18 Å². The van der Waals surface area contributed by atoms with E-state index in [1.807, 2.05) is 0 Å². The van der Waals surface area contributed by atoms with Crippen LogP contribution in [0.4, 0.5) is 24.5 Å². The summed E-state index contributed by atoms with van der Waals surface area (Å²) in [5.41, 5.74) is 0.627. The van der Waals surface area contributed by atoms with E-state index in [2.05, 4.69) is 10.3 Å². The van der Waals surface area contributed by atoms with Gasteiger partial charge in [-0.1, -0.05) is 18.2 Å². The van der Waals surface area contributed by atoms with Gasteiger partial charge in [-0.2, -0.15) is 13.2 Å². The van der Waals surface area contributed by atoms with Gasteiger partial charge in [-0.25, -0.2) is 0 Å². The Morgan fingerprint density at radius 3 is 2.48 bits per heavy atom. The van der Waals surface area contributed by atoms with E-state index in [1.54, 1.807) is 12.1 Å². The van der Waals surface area contributed by atoms with Crippen LogP contribution in [0.2, 0.25) is 0 Å². The Balaban J connectivity index is 0.00000261. The first kappa shape index (κ1) is 21.3. The second-order valence-corrected chi connectivity index (χ2v) is 6.08. The van der Waals surface area contributed by atoms with E-state index in [0.717, 1.165) is 11.6 Å². The maximum absolute atomic E-state index is 13.2. The number of rotatable bonds is 4. The molecule has 0 aliphatic heterocycles. The molecule has 1 N–H and O–H groups in total. The molecule has 0 aliphatic rings. The number of aromatic nitrogens is 1. The first-order valence-corrected chi connectivity index (χ1v) is 8.33. The number of hydrogen-bond acceptors (Lipinski definition) is 3. The van der Waals surface area contributed by atoms with Crippen molar-refractivity contribution in [3.8, 4) is 0 Å². The summed E-state index contributed by atoms with van der Waals surface area (Å²) in [6.07, 6.45) is -3.26. The lowest BCUT2D eigenvalue weighted by atomic mass is 10.1. The van der Waals surface area contributed by atoms with Crippen LogP contribution >= 0.6 is 35.6 Å². The van der Waals surface area contributed by atoms with Crippen molar-refractivity contribution < 1.29 is 18.0 Å². The van der Waals surface area contributed by atoms with Crippen LogP contribution in [0.25, 0.3) is 10.9 Å². The number of carbonyl (C=O) groups excluding carboxylic acids is 1. The molecule has 0 aliphatic carbocycles. The first-order chi connectivity index (χ1) is 12.3. The number of nitrogens with zero attached hydrogens (tertiary/aromatic N) is 1. The van der Waals surface area contributed by atoms with Crippen molar-refractivity contribution in [2.45, 2.75) is 12.1 Å². The van der Waals surface area contributed by atoms with Gasteiger partial charge in [-0.05, 0) is 41.4 Å². The van der Waals surface area contributed by atoms with E-state index in [1.165, 1.54) is 30.5 Å². The zero-order valence-electron chi connectivity index (χ0n) is 13.5. The number of nitrogens with one attached hydrogen (secondary N) is 1. The smallest absolute Gasteiger partial charge is 0.354 e. The predicted molar refractivity (Wildman–Crippen MR) is 103 cm³/mol. The summed E-state index contributed by atoms with van der Waals surface area (Å²) in [6, 6.07) is 10.1. The van der Waals surface area contributed by atoms with Crippen LogP contribution in [0.1, 0.15) is 21.5 Å². The SMILES string of the molecule is Cl.O=C(Cl)c1ccc(CCl)cc1Nc1ccnc2c(C(F)(F)F)cccc12. The third-order valence-corrected chi connectivity index (χ3v) is 4.31. The molecule has 2 aromatic carbocycles. The molecule has 0 fully saturated rings. The number of carbonyl (C=O) groups is 1. The molecular weight excluding hydrogens is 424 g/mol. The second-order valence-electron chi connectivity index (χ2n) is 5.47. The molecule has 0 unspecified atom stereocenters. The molecule has 9 heteroatoms. The summed E-state index contributed by atoms with van der Waals surface area (Å²) >= 11 is 11.4. The van der Waals surface area contributed by atoms with Crippen molar-refractivity contribution in [3.63, 3.8) is 0 Å². The van der Waals surface area contributed by atoms with Gasteiger partial charge in [0.1, 0.15) is 0 Å². The molecule has 1 aromatic heterocycles. The van der Waals surface area contributed by atoms with Crippen LogP contribution in [-0.2, 0) is 12.1 Å². The minimum absolute atomic E-state index is 0. The Morgan fingerprint density at radius 1 is 1.11 bits per heavy atom. The summed E-state index contributed by atoms with van der Waals surface area (Å²) in [7, 11) is 0. The number of fused-ring (bicyclic) bond motifs is 1. The van der Waals surface area contributed by atoms with Gasteiger partial charge in [0.2, 0.25) is 0 Å².